The van der Waals surface area contributed by atoms with Gasteiger partial charge in [0.1, 0.15) is 5.76 Å². The lowest BCUT2D eigenvalue weighted by Crippen LogP contribution is -2.51. The number of rotatable bonds is 7. The van der Waals surface area contributed by atoms with Crippen molar-refractivity contribution >= 4 is 39.1 Å². The number of amides is 2. The van der Waals surface area contributed by atoms with Crippen LogP contribution in [0.2, 0.25) is 0 Å². The molecule has 0 saturated carbocycles. The number of sulfonamides is 1. The maximum Gasteiger partial charge on any atom is 0.296 e. The van der Waals surface area contributed by atoms with E-state index in [0.717, 1.165) is 19.3 Å². The number of likely N-dealkylation sites (N-methyl/N-ethyl adjacent to an activating group) is 1. The maximum atomic E-state index is 14.0. The van der Waals surface area contributed by atoms with Crippen molar-refractivity contribution in [2.45, 2.75) is 36.1 Å². The molecule has 1 unspecified atom stereocenters. The van der Waals surface area contributed by atoms with E-state index >= 15 is 0 Å². The molecule has 2 aromatic carbocycles. The monoisotopic (exact) mass is 566 g/mol. The molecule has 2 saturated heterocycles. The third-order valence-corrected chi connectivity index (χ3v) is 9.92. The molecule has 11 heteroatoms. The van der Waals surface area contributed by atoms with E-state index in [-0.39, 0.29) is 22.6 Å². The first-order valence-corrected chi connectivity index (χ1v) is 14.9. The molecule has 3 aliphatic heterocycles. The van der Waals surface area contributed by atoms with E-state index in [1.54, 1.807) is 31.3 Å². The molecule has 3 heterocycles. The van der Waals surface area contributed by atoms with Crippen LogP contribution in [0.5, 0.6) is 0 Å². The summed E-state index contributed by atoms with van der Waals surface area (Å²) in [4.78, 5) is 45.8. The summed E-state index contributed by atoms with van der Waals surface area (Å²) in [6, 6.07) is 12.5. The van der Waals surface area contributed by atoms with Crippen LogP contribution in [0, 0.1) is 0 Å². The van der Waals surface area contributed by atoms with Gasteiger partial charge >= 0.3 is 0 Å². The second-order valence-corrected chi connectivity index (χ2v) is 12.7. The Morgan fingerprint density at radius 1 is 0.975 bits per heavy atom. The third kappa shape index (κ3) is 4.23. The third-order valence-electron chi connectivity index (χ3n) is 8.01. The van der Waals surface area contributed by atoms with Crippen LogP contribution in [-0.4, -0.2) is 92.5 Å². The maximum absolute atomic E-state index is 14.0. The summed E-state index contributed by atoms with van der Waals surface area (Å²) < 4.78 is 27.7. The predicted molar refractivity (Wildman–Crippen MR) is 150 cm³/mol. The molecule has 2 fully saturated rings. The number of carbonyl (C=O) groups is 3. The Balaban J connectivity index is 1.63. The van der Waals surface area contributed by atoms with E-state index < -0.39 is 38.9 Å². The van der Waals surface area contributed by atoms with E-state index in [1.807, 2.05) is 19.0 Å². The zero-order valence-corrected chi connectivity index (χ0v) is 23.8. The molecular weight excluding hydrogens is 532 g/mol. The van der Waals surface area contributed by atoms with E-state index in [0.29, 0.717) is 37.3 Å². The largest absolute Gasteiger partial charge is 0.507 e. The topological polar surface area (TPSA) is 119 Å². The van der Waals surface area contributed by atoms with E-state index in [2.05, 4.69) is 0 Å². The van der Waals surface area contributed by atoms with Crippen LogP contribution in [0.3, 0.4) is 0 Å². The number of para-hydroxylation sites is 1. The molecule has 3 aliphatic rings. The number of anilines is 1. The number of hydrogen-bond donors (Lipinski definition) is 1. The summed E-state index contributed by atoms with van der Waals surface area (Å²) in [7, 11) is 1.66. The Labute approximate surface area is 234 Å². The van der Waals surface area contributed by atoms with Crippen LogP contribution in [-0.2, 0) is 29.9 Å². The van der Waals surface area contributed by atoms with Crippen molar-refractivity contribution < 1.29 is 27.9 Å². The number of carbonyl (C=O) groups excluding carboxylic acids is 3. The van der Waals surface area contributed by atoms with E-state index in [1.165, 1.54) is 38.4 Å². The molecule has 2 amide bonds. The van der Waals surface area contributed by atoms with Gasteiger partial charge in [-0.25, -0.2) is 8.42 Å². The Bertz CT molecular complexity index is 1490. The van der Waals surface area contributed by atoms with Crippen LogP contribution >= 0.6 is 0 Å². The summed E-state index contributed by atoms with van der Waals surface area (Å²) in [5, 5.41) is 11.6. The van der Waals surface area contributed by atoms with Gasteiger partial charge in [0.05, 0.1) is 10.5 Å². The highest BCUT2D eigenvalue weighted by molar-refractivity contribution is 7.89. The average Bonchev–Trinajstić information content (AvgIpc) is 3.31. The summed E-state index contributed by atoms with van der Waals surface area (Å²) in [6.07, 6.45) is 3.10. The van der Waals surface area contributed by atoms with Gasteiger partial charge in [-0.3, -0.25) is 14.4 Å². The molecule has 5 rings (SSSR count). The molecule has 0 radical (unpaired) electrons. The molecule has 1 spiro atoms. The smallest absolute Gasteiger partial charge is 0.296 e. The van der Waals surface area contributed by atoms with Crippen molar-refractivity contribution in [1.82, 2.24) is 14.1 Å². The number of Topliss-reactive ketones (excluding diaryl/α,β-unsaturated/α-hetero) is 1. The number of likely N-dealkylation sites (tertiary alicyclic amines) is 1. The Kier molecular flexibility index (Phi) is 7.32. The normalized spacial score (nSPS) is 23.1. The number of hydrogen-bond acceptors (Lipinski definition) is 7. The number of aliphatic hydroxyl groups excluding tert-OH is 1. The standard InChI is InChI=1S/C29H34N4O6S/c1-30(2)16-9-19-33-27(36)26(35)24(29(33)22-10-5-6-11-23(22)31(3)28(29)37)25(34)20-12-14-21(15-13-20)40(38,39)32-17-7-4-8-18-32/h5-6,10-15,34H,4,7-9,16-19H2,1-3H3. The number of piperidine rings is 1. The van der Waals surface area contributed by atoms with Gasteiger partial charge < -0.3 is 19.8 Å². The second-order valence-electron chi connectivity index (χ2n) is 10.7. The quantitative estimate of drug-likeness (QED) is 0.311. The Morgan fingerprint density at radius 2 is 1.62 bits per heavy atom. The zero-order valence-electron chi connectivity index (χ0n) is 23.0. The number of ketones is 1. The average molecular weight is 567 g/mol. The van der Waals surface area contributed by atoms with Gasteiger partial charge in [-0.15, -0.1) is 0 Å². The first-order chi connectivity index (χ1) is 19.0. The molecule has 2 aromatic rings. The van der Waals surface area contributed by atoms with Crippen LogP contribution < -0.4 is 4.90 Å². The zero-order chi connectivity index (χ0) is 28.8. The van der Waals surface area contributed by atoms with Gasteiger partial charge in [-0.2, -0.15) is 4.31 Å². The second kappa shape index (κ2) is 10.5. The van der Waals surface area contributed by atoms with E-state index in [4.69, 9.17) is 0 Å². The van der Waals surface area contributed by atoms with E-state index in [9.17, 15) is 27.9 Å². The fraction of sp³-hybridized carbons (Fsp3) is 0.414. The lowest BCUT2D eigenvalue weighted by Gasteiger charge is -2.34. The number of benzene rings is 2. The summed E-state index contributed by atoms with van der Waals surface area (Å²) in [5.41, 5.74) is -1.01. The summed E-state index contributed by atoms with van der Waals surface area (Å²) in [6.45, 7) is 1.66. The van der Waals surface area contributed by atoms with Crippen molar-refractivity contribution in [3.05, 3.63) is 65.2 Å². The van der Waals surface area contributed by atoms with Crippen molar-refractivity contribution in [1.29, 1.82) is 0 Å². The molecule has 0 aromatic heterocycles. The lowest BCUT2D eigenvalue weighted by atomic mass is 9.82. The number of fused-ring (bicyclic) bond motifs is 2. The fourth-order valence-corrected chi connectivity index (χ4v) is 7.52. The SMILES string of the molecule is CN(C)CCCN1C(=O)C(=O)C(=C(O)c2ccc(S(=O)(=O)N3CCCCC3)cc2)C12C(=O)N(C)c1ccccc12. The molecule has 10 nitrogen and oxygen atoms in total. The number of nitrogens with zero attached hydrogens (tertiary/aromatic N) is 4. The van der Waals surface area contributed by atoms with Crippen LogP contribution in [0.1, 0.15) is 36.8 Å². The molecule has 0 bridgehead atoms. The Morgan fingerprint density at radius 3 is 2.27 bits per heavy atom. The van der Waals surface area contributed by atoms with Crippen LogP contribution in [0.25, 0.3) is 5.76 Å². The highest BCUT2D eigenvalue weighted by Crippen LogP contribution is 2.53. The van der Waals surface area contributed by atoms with Crippen molar-refractivity contribution in [3.8, 4) is 0 Å². The molecule has 0 aliphatic carbocycles. The molecular formula is C29H34N4O6S. The first-order valence-electron chi connectivity index (χ1n) is 13.5. The van der Waals surface area contributed by atoms with Crippen molar-refractivity contribution in [2.75, 3.05) is 52.2 Å². The molecule has 40 heavy (non-hydrogen) atoms. The lowest BCUT2D eigenvalue weighted by molar-refractivity contribution is -0.143. The Hall–Kier alpha value is -3.54. The van der Waals surface area contributed by atoms with Crippen molar-refractivity contribution in [3.63, 3.8) is 0 Å². The molecule has 212 valence electrons. The van der Waals surface area contributed by atoms with Gasteiger partial charge in [-0.1, -0.05) is 24.6 Å². The van der Waals surface area contributed by atoms with Gasteiger partial charge in [0.15, 0.2) is 5.54 Å². The minimum absolute atomic E-state index is 0.0758. The highest BCUT2D eigenvalue weighted by Gasteiger charge is 2.66. The van der Waals surface area contributed by atoms with Crippen molar-refractivity contribution in [2.24, 2.45) is 0 Å². The minimum Gasteiger partial charge on any atom is -0.507 e. The highest BCUT2D eigenvalue weighted by atomic mass is 32.2. The van der Waals surface area contributed by atoms with Gasteiger partial charge in [-0.05, 0) is 70.2 Å². The molecule has 1 atom stereocenters. The number of aliphatic hydroxyl groups is 1. The van der Waals surface area contributed by atoms with Gasteiger partial charge in [0.2, 0.25) is 10.0 Å². The fourth-order valence-electron chi connectivity index (χ4n) is 6.00. The van der Waals surface area contributed by atoms with Gasteiger partial charge in [0.25, 0.3) is 17.6 Å². The summed E-state index contributed by atoms with van der Waals surface area (Å²) in [5.74, 6) is -2.84. The summed E-state index contributed by atoms with van der Waals surface area (Å²) >= 11 is 0. The minimum atomic E-state index is -3.71. The van der Waals surface area contributed by atoms with Crippen LogP contribution in [0.15, 0.2) is 59.0 Å². The van der Waals surface area contributed by atoms with Crippen LogP contribution in [0.4, 0.5) is 5.69 Å². The molecule has 1 N–H and O–H groups in total. The van der Waals surface area contributed by atoms with Gasteiger partial charge in [0, 0.05) is 43.5 Å². The predicted octanol–water partition coefficient (Wildman–Crippen LogP) is 2.37. The first kappa shape index (κ1) is 28.0.